The fraction of sp³-hybridized carbons (Fsp3) is 0. The van der Waals surface area contributed by atoms with Crippen LogP contribution >= 0.6 is 0 Å². The quantitative estimate of drug-likeness (QED) is 0.209. The van der Waals surface area contributed by atoms with Crippen LogP contribution in [0.4, 0.5) is 5.69 Å². The lowest BCUT2D eigenvalue weighted by Crippen LogP contribution is -2.20. The van der Waals surface area contributed by atoms with Gasteiger partial charge in [0.25, 0.3) is 0 Å². The van der Waals surface area contributed by atoms with Crippen LogP contribution in [-0.2, 0) is 10.1 Å². The zero-order chi connectivity index (χ0) is 22.9. The Morgan fingerprint density at radius 3 is 2.41 bits per heavy atom. The van der Waals surface area contributed by atoms with Crippen LogP contribution in [0, 0.1) is 5.39 Å². The number of rotatable bonds is 5. The lowest BCUT2D eigenvalue weighted by atomic mass is 10.0. The molecule has 10 heteroatoms. The summed E-state index contributed by atoms with van der Waals surface area (Å²) in [6, 6.07) is 17.0. The second-order valence-electron chi connectivity index (χ2n) is 6.61. The molecule has 0 aliphatic rings. The van der Waals surface area contributed by atoms with Crippen molar-refractivity contribution in [3.8, 4) is 11.5 Å². The number of hydrogen-bond acceptors (Lipinski definition) is 8. The summed E-state index contributed by atoms with van der Waals surface area (Å²) in [5.41, 5.74) is -1.47. The molecule has 158 valence electrons. The first kappa shape index (κ1) is 20.8. The first-order valence-electron chi connectivity index (χ1n) is 9.09. The standard InChI is InChI=1S/C22H12N2O7S/c23-24-16-11-15(21(26)13-6-2-1-3-7-13)19(12-17(16)25)31-32(28,29)20-10-14-8-4-5-9-18(14)30-22(20)27/h1-12H/p+1. The molecule has 0 fully saturated rings. The van der Waals surface area contributed by atoms with Crippen LogP contribution in [0.25, 0.3) is 15.9 Å². The van der Waals surface area contributed by atoms with Gasteiger partial charge < -0.3 is 13.7 Å². The molecule has 1 N–H and O–H groups in total. The third-order valence-electron chi connectivity index (χ3n) is 4.54. The van der Waals surface area contributed by atoms with Crippen LogP contribution in [0.1, 0.15) is 15.9 Å². The van der Waals surface area contributed by atoms with Crippen molar-refractivity contribution in [2.45, 2.75) is 4.90 Å². The molecule has 0 spiro atoms. The lowest BCUT2D eigenvalue weighted by Gasteiger charge is -2.11. The smallest absolute Gasteiger partial charge is 0.427 e. The van der Waals surface area contributed by atoms with Gasteiger partial charge in [0.15, 0.2) is 21.4 Å². The van der Waals surface area contributed by atoms with E-state index in [9.17, 15) is 23.1 Å². The molecule has 0 unspecified atom stereocenters. The molecule has 0 saturated heterocycles. The third kappa shape index (κ3) is 3.80. The molecule has 0 bridgehead atoms. The first-order valence-corrected chi connectivity index (χ1v) is 10.5. The predicted octanol–water partition coefficient (Wildman–Crippen LogP) is 3.98. The van der Waals surface area contributed by atoms with Gasteiger partial charge in [-0.15, -0.1) is 0 Å². The fourth-order valence-corrected chi connectivity index (χ4v) is 3.99. The summed E-state index contributed by atoms with van der Waals surface area (Å²) in [4.78, 5) is 27.3. The third-order valence-corrected chi connectivity index (χ3v) is 5.77. The molecule has 1 aromatic heterocycles. The highest BCUT2D eigenvalue weighted by Crippen LogP contribution is 2.36. The van der Waals surface area contributed by atoms with Crippen molar-refractivity contribution in [3.63, 3.8) is 0 Å². The van der Waals surface area contributed by atoms with E-state index in [0.717, 1.165) is 18.2 Å². The number of diazo groups is 1. The number of aromatic hydroxyl groups is 1. The van der Waals surface area contributed by atoms with Crippen molar-refractivity contribution in [2.75, 3.05) is 0 Å². The molecule has 0 radical (unpaired) electrons. The summed E-state index contributed by atoms with van der Waals surface area (Å²) in [5, 5.41) is 19.4. The summed E-state index contributed by atoms with van der Waals surface area (Å²) < 4.78 is 35.9. The van der Waals surface area contributed by atoms with Crippen LogP contribution in [0.5, 0.6) is 11.5 Å². The SMILES string of the molecule is N#[N+]c1cc(C(=O)c2ccccc2)c(OS(=O)(=O)c2cc3ccccc3oc2=O)cc1O. The number of ketones is 1. The second kappa shape index (κ2) is 7.98. The molecular weight excluding hydrogens is 436 g/mol. The molecule has 0 aliphatic heterocycles. The van der Waals surface area contributed by atoms with Crippen molar-refractivity contribution in [1.82, 2.24) is 0 Å². The molecule has 32 heavy (non-hydrogen) atoms. The van der Waals surface area contributed by atoms with E-state index in [0.29, 0.717) is 5.39 Å². The monoisotopic (exact) mass is 449 g/mol. The largest absolute Gasteiger partial charge is 0.501 e. The molecule has 9 nitrogen and oxygen atoms in total. The van der Waals surface area contributed by atoms with E-state index >= 15 is 0 Å². The highest BCUT2D eigenvalue weighted by Gasteiger charge is 2.29. The van der Waals surface area contributed by atoms with E-state index < -0.39 is 37.9 Å². The number of para-hydroxylation sites is 1. The van der Waals surface area contributed by atoms with E-state index in [1.807, 2.05) is 0 Å². The van der Waals surface area contributed by atoms with Crippen molar-refractivity contribution in [3.05, 3.63) is 99.3 Å². The molecule has 4 rings (SSSR count). The minimum absolute atomic E-state index is 0.183. The average Bonchev–Trinajstić information content (AvgIpc) is 2.78. The van der Waals surface area contributed by atoms with Crippen molar-refractivity contribution in [2.24, 2.45) is 0 Å². The van der Waals surface area contributed by atoms with E-state index in [-0.39, 0.29) is 22.4 Å². The van der Waals surface area contributed by atoms with Gasteiger partial charge in [-0.25, -0.2) is 4.79 Å². The van der Waals surface area contributed by atoms with Gasteiger partial charge in [0.1, 0.15) is 5.58 Å². The summed E-state index contributed by atoms with van der Waals surface area (Å²) in [5.74, 6) is -1.87. The zero-order valence-corrected chi connectivity index (χ0v) is 16.9. The highest BCUT2D eigenvalue weighted by atomic mass is 32.2. The summed E-state index contributed by atoms with van der Waals surface area (Å²) in [6.07, 6.45) is 0. The molecule has 0 saturated carbocycles. The molecule has 0 amide bonds. The van der Waals surface area contributed by atoms with E-state index in [1.54, 1.807) is 36.4 Å². The van der Waals surface area contributed by atoms with Crippen LogP contribution in [0.15, 0.2) is 86.9 Å². The topological polar surface area (TPSA) is 139 Å². The normalized spacial score (nSPS) is 11.1. The molecule has 1 heterocycles. The minimum Gasteiger partial charge on any atom is -0.501 e. The first-order chi connectivity index (χ1) is 15.3. The average molecular weight is 449 g/mol. The van der Waals surface area contributed by atoms with Crippen LogP contribution < -0.4 is 9.81 Å². The van der Waals surface area contributed by atoms with Gasteiger partial charge in [-0.05, 0) is 12.1 Å². The number of carbonyl (C=O) groups excluding carboxylic acids is 1. The maximum Gasteiger partial charge on any atom is 0.427 e. The zero-order valence-electron chi connectivity index (χ0n) is 16.1. The number of nitrogens with zero attached hydrogens (tertiary/aromatic N) is 2. The molecule has 4 aromatic rings. The van der Waals surface area contributed by atoms with Gasteiger partial charge >= 0.3 is 21.4 Å². The number of phenolic OH excluding ortho intramolecular Hbond substituents is 1. The Labute approximate surface area is 180 Å². The Balaban J connectivity index is 1.84. The summed E-state index contributed by atoms with van der Waals surface area (Å²) >= 11 is 0. The van der Waals surface area contributed by atoms with E-state index in [2.05, 4.69) is 4.98 Å². The maximum atomic E-state index is 13.0. The Hall–Kier alpha value is -4.49. The molecular formula is C22H13N2O7S+. The van der Waals surface area contributed by atoms with Gasteiger partial charge in [0, 0.05) is 17.0 Å². The number of phenols is 1. The lowest BCUT2D eigenvalue weighted by molar-refractivity contribution is 0.103. The van der Waals surface area contributed by atoms with Crippen LogP contribution in [-0.4, -0.2) is 19.3 Å². The van der Waals surface area contributed by atoms with E-state index in [1.165, 1.54) is 18.2 Å². The molecule has 0 aliphatic carbocycles. The Morgan fingerprint density at radius 2 is 1.69 bits per heavy atom. The number of carbonyl (C=O) groups is 1. The Bertz CT molecular complexity index is 1570. The Kier molecular flexibility index (Phi) is 5.18. The number of benzene rings is 3. The van der Waals surface area contributed by atoms with Gasteiger partial charge in [0.05, 0.1) is 11.6 Å². The van der Waals surface area contributed by atoms with Gasteiger partial charge in [-0.3, -0.25) is 4.79 Å². The van der Waals surface area contributed by atoms with E-state index in [4.69, 9.17) is 14.0 Å². The van der Waals surface area contributed by atoms with Gasteiger partial charge in [-0.1, -0.05) is 48.5 Å². The van der Waals surface area contributed by atoms with Crippen molar-refractivity contribution in [1.29, 1.82) is 5.39 Å². The number of hydrogen-bond donors (Lipinski definition) is 1. The van der Waals surface area contributed by atoms with Crippen LogP contribution in [0.2, 0.25) is 0 Å². The van der Waals surface area contributed by atoms with Gasteiger partial charge in [0.2, 0.25) is 11.1 Å². The summed E-state index contributed by atoms with van der Waals surface area (Å²) in [6.45, 7) is 0. The molecule has 3 aromatic carbocycles. The second-order valence-corrected chi connectivity index (χ2v) is 8.12. The number of fused-ring (bicyclic) bond motifs is 1. The summed E-state index contributed by atoms with van der Waals surface area (Å²) in [7, 11) is -4.77. The van der Waals surface area contributed by atoms with Crippen molar-refractivity contribution >= 4 is 32.6 Å². The predicted molar refractivity (Wildman–Crippen MR) is 113 cm³/mol. The molecule has 0 atom stereocenters. The maximum absolute atomic E-state index is 13.0. The Morgan fingerprint density at radius 1 is 1.00 bits per heavy atom. The highest BCUT2D eigenvalue weighted by molar-refractivity contribution is 7.87. The van der Waals surface area contributed by atoms with Crippen LogP contribution in [0.3, 0.4) is 0 Å². The minimum atomic E-state index is -4.77. The fourth-order valence-electron chi connectivity index (χ4n) is 3.01. The van der Waals surface area contributed by atoms with Gasteiger partial charge in [-0.2, -0.15) is 8.42 Å². The van der Waals surface area contributed by atoms with Crippen molar-refractivity contribution < 1.29 is 26.9 Å².